The molecule has 2 aromatic rings. The Kier molecular flexibility index (Phi) is 3.70. The van der Waals surface area contributed by atoms with Gasteiger partial charge in [-0.3, -0.25) is 0 Å². The molecule has 19 heavy (non-hydrogen) atoms. The van der Waals surface area contributed by atoms with E-state index in [0.717, 1.165) is 6.20 Å². The summed E-state index contributed by atoms with van der Waals surface area (Å²) in [5.41, 5.74) is 0.568. The van der Waals surface area contributed by atoms with Gasteiger partial charge in [-0.05, 0) is 22.4 Å². The first-order valence-electron chi connectivity index (χ1n) is 5.66. The third-order valence-electron chi connectivity index (χ3n) is 2.49. The van der Waals surface area contributed by atoms with Crippen molar-refractivity contribution in [3.63, 3.8) is 0 Å². The van der Waals surface area contributed by atoms with Crippen LogP contribution < -0.4 is 4.74 Å². The van der Waals surface area contributed by atoms with Crippen molar-refractivity contribution < 1.29 is 14.1 Å². The molecule has 0 bridgehead atoms. The molecule has 0 aliphatic carbocycles. The minimum atomic E-state index is -0.684. The first-order valence-corrected chi connectivity index (χ1v) is 5.66. The molecule has 1 aromatic carbocycles. The molecule has 5 nitrogen and oxygen atoms in total. The summed E-state index contributed by atoms with van der Waals surface area (Å²) in [4.78, 5) is 13.7. The molecule has 98 valence electrons. The summed E-state index contributed by atoms with van der Waals surface area (Å²) in [6, 6.07) is 8.53. The van der Waals surface area contributed by atoms with Crippen molar-refractivity contribution in [2.45, 2.75) is 6.92 Å². The lowest BCUT2D eigenvalue weighted by Crippen LogP contribution is -2.03. The fourth-order valence-electron chi connectivity index (χ4n) is 1.75. The van der Waals surface area contributed by atoms with Crippen LogP contribution in [0.2, 0.25) is 0 Å². The predicted octanol–water partition coefficient (Wildman–Crippen LogP) is 3.19. The van der Waals surface area contributed by atoms with Crippen molar-refractivity contribution in [2.75, 3.05) is 6.61 Å². The Morgan fingerprint density at radius 1 is 1.37 bits per heavy atom. The molecule has 1 aromatic heterocycles. The summed E-state index contributed by atoms with van der Waals surface area (Å²) in [5, 5.41) is 10.9. The topological polar surface area (TPSA) is 65.3 Å². The third kappa shape index (κ3) is 2.52. The number of halogens is 1. The van der Waals surface area contributed by atoms with Crippen molar-refractivity contribution >= 4 is 5.82 Å². The summed E-state index contributed by atoms with van der Waals surface area (Å²) in [7, 11) is 0. The molecule has 0 saturated heterocycles. The molecular formula is C13H11FN2O3. The van der Waals surface area contributed by atoms with E-state index >= 15 is 0 Å². The molecule has 0 radical (unpaired) electrons. The van der Waals surface area contributed by atoms with E-state index in [1.807, 2.05) is 0 Å². The third-order valence-corrected chi connectivity index (χ3v) is 2.49. The van der Waals surface area contributed by atoms with Gasteiger partial charge >= 0.3 is 5.82 Å². The number of ether oxygens (including phenoxy) is 1. The Morgan fingerprint density at radius 2 is 2.05 bits per heavy atom. The fraction of sp³-hybridized carbons (Fsp3) is 0.154. The van der Waals surface area contributed by atoms with Gasteiger partial charge in [0, 0.05) is 0 Å². The van der Waals surface area contributed by atoms with Crippen molar-refractivity contribution in [1.29, 1.82) is 0 Å². The monoisotopic (exact) mass is 262 g/mol. The Hall–Kier alpha value is -2.50. The van der Waals surface area contributed by atoms with Crippen molar-refractivity contribution in [3.05, 3.63) is 52.5 Å². The van der Waals surface area contributed by atoms with E-state index < -0.39 is 16.6 Å². The van der Waals surface area contributed by atoms with Crippen LogP contribution >= 0.6 is 0 Å². The zero-order valence-corrected chi connectivity index (χ0v) is 10.2. The van der Waals surface area contributed by atoms with Crippen LogP contribution in [-0.4, -0.2) is 16.5 Å². The predicted molar refractivity (Wildman–Crippen MR) is 67.5 cm³/mol. The maximum absolute atomic E-state index is 13.9. The maximum Gasteiger partial charge on any atom is 0.407 e. The second-order valence-electron chi connectivity index (χ2n) is 3.69. The Bertz CT molecular complexity index is 602. The zero-order valence-electron chi connectivity index (χ0n) is 10.2. The normalized spacial score (nSPS) is 10.2. The highest BCUT2D eigenvalue weighted by Gasteiger charge is 2.25. The molecule has 0 atom stereocenters. The standard InChI is InChI=1S/C13H11FN2O3/c1-2-19-12-11(9-6-4-3-5-7-9)10(14)8-15-13(12)16(17)18/h3-8H,2H2,1H3. The highest BCUT2D eigenvalue weighted by atomic mass is 19.1. The highest BCUT2D eigenvalue weighted by molar-refractivity contribution is 5.74. The average molecular weight is 262 g/mol. The molecule has 0 aliphatic rings. The smallest absolute Gasteiger partial charge is 0.407 e. The van der Waals surface area contributed by atoms with E-state index in [2.05, 4.69) is 4.98 Å². The van der Waals surface area contributed by atoms with E-state index in [0.29, 0.717) is 5.56 Å². The van der Waals surface area contributed by atoms with E-state index in [9.17, 15) is 14.5 Å². The van der Waals surface area contributed by atoms with Crippen LogP contribution in [0.25, 0.3) is 11.1 Å². The van der Waals surface area contributed by atoms with Gasteiger partial charge in [0.05, 0.1) is 12.2 Å². The van der Waals surface area contributed by atoms with Gasteiger partial charge in [-0.2, -0.15) is 0 Å². The lowest BCUT2D eigenvalue weighted by Gasteiger charge is -2.10. The molecule has 6 heteroatoms. The Balaban J connectivity index is 2.70. The Labute approximate surface area is 108 Å². The summed E-state index contributed by atoms with van der Waals surface area (Å²) >= 11 is 0. The molecule has 0 fully saturated rings. The second-order valence-corrected chi connectivity index (χ2v) is 3.69. The van der Waals surface area contributed by atoms with Crippen molar-refractivity contribution in [3.8, 4) is 16.9 Å². The molecule has 0 amide bonds. The van der Waals surface area contributed by atoms with E-state index in [1.54, 1.807) is 37.3 Å². The molecule has 0 aliphatic heterocycles. The number of hydrogen-bond donors (Lipinski definition) is 0. The zero-order chi connectivity index (χ0) is 13.8. The van der Waals surface area contributed by atoms with Crippen LogP contribution in [0.1, 0.15) is 6.92 Å². The quantitative estimate of drug-likeness (QED) is 0.627. The van der Waals surface area contributed by atoms with Crippen molar-refractivity contribution in [2.24, 2.45) is 0 Å². The number of nitrogens with zero attached hydrogens (tertiary/aromatic N) is 2. The largest absolute Gasteiger partial charge is 0.485 e. The van der Waals surface area contributed by atoms with E-state index in [-0.39, 0.29) is 17.9 Å². The van der Waals surface area contributed by atoms with Crippen LogP contribution in [0, 0.1) is 15.9 Å². The minimum Gasteiger partial charge on any atom is -0.485 e. The van der Waals surface area contributed by atoms with Crippen LogP contribution in [0.5, 0.6) is 5.75 Å². The SMILES string of the molecule is CCOc1c([N+](=O)[O-])ncc(F)c1-c1ccccc1. The van der Waals surface area contributed by atoms with Gasteiger partial charge in [0.2, 0.25) is 5.75 Å². The number of rotatable bonds is 4. The van der Waals surface area contributed by atoms with Gasteiger partial charge < -0.3 is 14.9 Å². The minimum absolute atomic E-state index is 0.0594. The van der Waals surface area contributed by atoms with Gasteiger partial charge in [0.25, 0.3) is 0 Å². The maximum atomic E-state index is 13.9. The van der Waals surface area contributed by atoms with Gasteiger partial charge in [-0.1, -0.05) is 30.3 Å². The lowest BCUT2D eigenvalue weighted by molar-refractivity contribution is -0.390. The first kappa shape index (κ1) is 12.9. The summed E-state index contributed by atoms with van der Waals surface area (Å²) < 4.78 is 19.2. The summed E-state index contributed by atoms with van der Waals surface area (Å²) in [5.74, 6) is -1.28. The Morgan fingerprint density at radius 3 is 2.63 bits per heavy atom. The van der Waals surface area contributed by atoms with Gasteiger partial charge in [-0.15, -0.1) is 0 Å². The molecule has 2 rings (SSSR count). The van der Waals surface area contributed by atoms with Crippen LogP contribution in [0.3, 0.4) is 0 Å². The molecule has 1 heterocycles. The first-order chi connectivity index (χ1) is 9.15. The van der Waals surface area contributed by atoms with Gasteiger partial charge in [-0.25, -0.2) is 4.39 Å². The lowest BCUT2D eigenvalue weighted by atomic mass is 10.1. The van der Waals surface area contributed by atoms with Crippen molar-refractivity contribution in [1.82, 2.24) is 4.98 Å². The summed E-state index contributed by atoms with van der Waals surface area (Å²) in [6.07, 6.45) is 0.836. The van der Waals surface area contributed by atoms with Crippen LogP contribution in [0.15, 0.2) is 36.5 Å². The van der Waals surface area contributed by atoms with E-state index in [1.165, 1.54) is 0 Å². The molecular weight excluding hydrogens is 251 g/mol. The molecule has 0 unspecified atom stereocenters. The van der Waals surface area contributed by atoms with Crippen LogP contribution in [0.4, 0.5) is 10.2 Å². The average Bonchev–Trinajstić information content (AvgIpc) is 2.40. The molecule has 0 saturated carbocycles. The van der Waals surface area contributed by atoms with E-state index in [4.69, 9.17) is 4.74 Å². The van der Waals surface area contributed by atoms with Crippen LogP contribution in [-0.2, 0) is 0 Å². The highest BCUT2D eigenvalue weighted by Crippen LogP contribution is 2.38. The van der Waals surface area contributed by atoms with Gasteiger partial charge in [0.15, 0.2) is 12.0 Å². The summed E-state index contributed by atoms with van der Waals surface area (Å²) in [6.45, 7) is 1.86. The molecule has 0 spiro atoms. The molecule has 0 N–H and O–H groups in total. The number of benzene rings is 1. The second kappa shape index (κ2) is 5.43. The van der Waals surface area contributed by atoms with Gasteiger partial charge in [0.1, 0.15) is 0 Å². The fourth-order valence-corrected chi connectivity index (χ4v) is 1.75. The number of aromatic nitrogens is 1. The number of pyridine rings is 1. The number of nitro groups is 1. The number of hydrogen-bond acceptors (Lipinski definition) is 4.